The van der Waals surface area contributed by atoms with E-state index in [1.54, 1.807) is 11.8 Å². The number of rotatable bonds is 6. The summed E-state index contributed by atoms with van der Waals surface area (Å²) in [7, 11) is 0. The molecule has 3 amide bonds. The monoisotopic (exact) mass is 393 g/mol. The second-order valence-corrected chi connectivity index (χ2v) is 7.49. The van der Waals surface area contributed by atoms with Crippen molar-refractivity contribution in [1.82, 2.24) is 5.32 Å². The standard InChI is InChI=1S/C23H27N3O3/c1-17(24-18(2)27)21(28)26(20-13-7-4-8-14-20)23(15-9-10-16-23)22(29)25-19-11-5-3-6-12-19/h3-8,11-14,17H,9-10,15-16H2,1-2H3,(H,24,27)(H,25,29). The Bertz CT molecular complexity index is 861. The molecule has 6 nitrogen and oxygen atoms in total. The van der Waals surface area contributed by atoms with Gasteiger partial charge in [-0.1, -0.05) is 49.2 Å². The Balaban J connectivity index is 2.01. The van der Waals surface area contributed by atoms with Gasteiger partial charge in [0.25, 0.3) is 5.91 Å². The van der Waals surface area contributed by atoms with Gasteiger partial charge in [-0.15, -0.1) is 0 Å². The van der Waals surface area contributed by atoms with Crippen LogP contribution in [0.25, 0.3) is 0 Å². The summed E-state index contributed by atoms with van der Waals surface area (Å²) in [6.07, 6.45) is 2.85. The fourth-order valence-corrected chi connectivity index (χ4v) is 4.00. The Morgan fingerprint density at radius 3 is 2.03 bits per heavy atom. The summed E-state index contributed by atoms with van der Waals surface area (Å²) in [5, 5.41) is 5.65. The van der Waals surface area contributed by atoms with Gasteiger partial charge in [-0.3, -0.25) is 19.3 Å². The van der Waals surface area contributed by atoms with Crippen molar-refractivity contribution in [2.45, 2.75) is 51.1 Å². The summed E-state index contributed by atoms with van der Waals surface area (Å²) in [5.74, 6) is -0.780. The molecule has 1 aliphatic rings. The van der Waals surface area contributed by atoms with Gasteiger partial charge in [-0.2, -0.15) is 0 Å². The molecule has 1 unspecified atom stereocenters. The molecule has 0 heterocycles. The van der Waals surface area contributed by atoms with Crippen LogP contribution in [0.15, 0.2) is 60.7 Å². The Morgan fingerprint density at radius 1 is 0.931 bits per heavy atom. The van der Waals surface area contributed by atoms with Crippen LogP contribution >= 0.6 is 0 Å². The highest BCUT2D eigenvalue weighted by atomic mass is 16.2. The number of nitrogens with zero attached hydrogens (tertiary/aromatic N) is 1. The molecule has 1 saturated carbocycles. The van der Waals surface area contributed by atoms with E-state index in [-0.39, 0.29) is 17.7 Å². The smallest absolute Gasteiger partial charge is 0.250 e. The summed E-state index contributed by atoms with van der Waals surface area (Å²) in [5.41, 5.74) is 0.347. The van der Waals surface area contributed by atoms with Crippen molar-refractivity contribution in [2.75, 3.05) is 10.2 Å². The molecule has 2 aromatic rings. The van der Waals surface area contributed by atoms with Crippen molar-refractivity contribution in [2.24, 2.45) is 0 Å². The molecule has 1 aliphatic carbocycles. The van der Waals surface area contributed by atoms with Gasteiger partial charge in [0.1, 0.15) is 11.6 Å². The number of amides is 3. The highest BCUT2D eigenvalue weighted by molar-refractivity contribution is 6.10. The van der Waals surface area contributed by atoms with Crippen molar-refractivity contribution in [1.29, 1.82) is 0 Å². The van der Waals surface area contributed by atoms with Gasteiger partial charge in [0.2, 0.25) is 11.8 Å². The molecule has 0 aromatic heterocycles. The molecule has 2 N–H and O–H groups in total. The molecule has 152 valence electrons. The molecule has 0 radical (unpaired) electrons. The first kappa shape index (κ1) is 20.6. The first-order valence-corrected chi connectivity index (χ1v) is 9.97. The predicted molar refractivity (Wildman–Crippen MR) is 113 cm³/mol. The molecule has 3 rings (SSSR count). The van der Waals surface area contributed by atoms with E-state index < -0.39 is 11.6 Å². The summed E-state index contributed by atoms with van der Waals surface area (Å²) in [6, 6.07) is 17.7. The molecule has 29 heavy (non-hydrogen) atoms. The van der Waals surface area contributed by atoms with Gasteiger partial charge < -0.3 is 10.6 Å². The third-order valence-corrected chi connectivity index (χ3v) is 5.34. The molecular formula is C23H27N3O3. The van der Waals surface area contributed by atoms with Gasteiger partial charge in [-0.05, 0) is 44.0 Å². The van der Waals surface area contributed by atoms with E-state index in [1.807, 2.05) is 60.7 Å². The maximum Gasteiger partial charge on any atom is 0.250 e. The molecule has 0 saturated heterocycles. The van der Waals surface area contributed by atoms with Crippen molar-refractivity contribution >= 4 is 29.1 Å². The highest BCUT2D eigenvalue weighted by Crippen LogP contribution is 2.40. The van der Waals surface area contributed by atoms with Gasteiger partial charge in [-0.25, -0.2) is 0 Å². The predicted octanol–water partition coefficient (Wildman–Crippen LogP) is 3.50. The van der Waals surface area contributed by atoms with E-state index >= 15 is 0 Å². The van der Waals surface area contributed by atoms with Crippen LogP contribution in [-0.2, 0) is 14.4 Å². The molecular weight excluding hydrogens is 366 g/mol. The van der Waals surface area contributed by atoms with E-state index in [0.717, 1.165) is 12.8 Å². The lowest BCUT2D eigenvalue weighted by atomic mass is 9.91. The van der Waals surface area contributed by atoms with Crippen LogP contribution in [0, 0.1) is 0 Å². The van der Waals surface area contributed by atoms with Crippen LogP contribution < -0.4 is 15.5 Å². The SMILES string of the molecule is CC(=O)NC(C)C(=O)N(c1ccccc1)C1(C(=O)Nc2ccccc2)CCCC1. The molecule has 6 heteroatoms. The number of benzene rings is 2. The second kappa shape index (κ2) is 8.90. The maximum atomic E-state index is 13.5. The van der Waals surface area contributed by atoms with Crippen LogP contribution in [0.1, 0.15) is 39.5 Å². The molecule has 0 spiro atoms. The Labute approximate surface area is 171 Å². The Hall–Kier alpha value is -3.15. The zero-order valence-corrected chi connectivity index (χ0v) is 16.9. The van der Waals surface area contributed by atoms with E-state index in [9.17, 15) is 14.4 Å². The van der Waals surface area contributed by atoms with Crippen molar-refractivity contribution in [3.05, 3.63) is 60.7 Å². The molecule has 2 aromatic carbocycles. The van der Waals surface area contributed by atoms with E-state index in [1.165, 1.54) is 6.92 Å². The lowest BCUT2D eigenvalue weighted by Crippen LogP contribution is -2.61. The topological polar surface area (TPSA) is 78.5 Å². The lowest BCUT2D eigenvalue weighted by molar-refractivity contribution is -0.129. The highest BCUT2D eigenvalue weighted by Gasteiger charge is 2.50. The minimum Gasteiger partial charge on any atom is -0.345 e. The fourth-order valence-electron chi connectivity index (χ4n) is 4.00. The number of anilines is 2. The largest absolute Gasteiger partial charge is 0.345 e. The maximum absolute atomic E-state index is 13.5. The first-order chi connectivity index (χ1) is 13.9. The summed E-state index contributed by atoms with van der Waals surface area (Å²) in [6.45, 7) is 3.03. The van der Waals surface area contributed by atoms with Crippen LogP contribution in [0.3, 0.4) is 0 Å². The quantitative estimate of drug-likeness (QED) is 0.788. The van der Waals surface area contributed by atoms with E-state index in [2.05, 4.69) is 10.6 Å². The number of carbonyl (C=O) groups excluding carboxylic acids is 3. The number of hydrogen-bond donors (Lipinski definition) is 2. The minimum absolute atomic E-state index is 0.201. The average Bonchev–Trinajstić information content (AvgIpc) is 3.20. The van der Waals surface area contributed by atoms with Crippen molar-refractivity contribution in [3.63, 3.8) is 0 Å². The minimum atomic E-state index is -0.999. The van der Waals surface area contributed by atoms with Gasteiger partial charge in [0, 0.05) is 18.3 Å². The van der Waals surface area contributed by atoms with Crippen LogP contribution in [0.4, 0.5) is 11.4 Å². The average molecular weight is 393 g/mol. The molecule has 0 bridgehead atoms. The van der Waals surface area contributed by atoms with Gasteiger partial charge in [0.15, 0.2) is 0 Å². The number of hydrogen-bond acceptors (Lipinski definition) is 3. The third-order valence-electron chi connectivity index (χ3n) is 5.34. The molecule has 1 fully saturated rings. The number of para-hydroxylation sites is 2. The summed E-state index contributed by atoms with van der Waals surface area (Å²) in [4.78, 5) is 40.1. The molecule has 0 aliphatic heterocycles. The fraction of sp³-hybridized carbons (Fsp3) is 0.348. The first-order valence-electron chi connectivity index (χ1n) is 9.97. The van der Waals surface area contributed by atoms with Crippen molar-refractivity contribution < 1.29 is 14.4 Å². The van der Waals surface area contributed by atoms with E-state index in [0.29, 0.717) is 24.2 Å². The summed E-state index contributed by atoms with van der Waals surface area (Å²) < 4.78 is 0. The van der Waals surface area contributed by atoms with Crippen molar-refractivity contribution in [3.8, 4) is 0 Å². The normalized spacial score (nSPS) is 15.9. The van der Waals surface area contributed by atoms with Gasteiger partial charge >= 0.3 is 0 Å². The second-order valence-electron chi connectivity index (χ2n) is 7.49. The van der Waals surface area contributed by atoms with Gasteiger partial charge in [0.05, 0.1) is 0 Å². The zero-order chi connectivity index (χ0) is 20.9. The van der Waals surface area contributed by atoms with Crippen LogP contribution in [0.5, 0.6) is 0 Å². The number of nitrogens with one attached hydrogen (secondary N) is 2. The Kier molecular flexibility index (Phi) is 6.32. The third kappa shape index (κ3) is 4.47. The van der Waals surface area contributed by atoms with Crippen LogP contribution in [0.2, 0.25) is 0 Å². The lowest BCUT2D eigenvalue weighted by Gasteiger charge is -2.41. The van der Waals surface area contributed by atoms with Crippen LogP contribution in [-0.4, -0.2) is 29.3 Å². The zero-order valence-electron chi connectivity index (χ0n) is 16.9. The van der Waals surface area contributed by atoms with E-state index in [4.69, 9.17) is 0 Å². The molecule has 1 atom stereocenters. The Morgan fingerprint density at radius 2 is 1.48 bits per heavy atom. The number of carbonyl (C=O) groups is 3. The summed E-state index contributed by atoms with van der Waals surface area (Å²) >= 11 is 0.